The molecule has 0 aliphatic heterocycles. The van der Waals surface area contributed by atoms with Crippen molar-refractivity contribution in [2.45, 2.75) is 13.0 Å². The van der Waals surface area contributed by atoms with E-state index in [1.165, 1.54) is 6.92 Å². The van der Waals surface area contributed by atoms with Gasteiger partial charge in [-0.2, -0.15) is 0 Å². The van der Waals surface area contributed by atoms with Crippen molar-refractivity contribution in [1.29, 1.82) is 0 Å². The minimum absolute atomic E-state index is 0.0572. The second kappa shape index (κ2) is 4.57. The predicted molar refractivity (Wildman–Crippen MR) is 54.8 cm³/mol. The SMILES string of the molecule is CC(Nc1cc(Br)c(F)cc1F)C(=O)O. The molecule has 0 heterocycles. The number of aliphatic carboxylic acids is 1. The number of anilines is 1. The lowest BCUT2D eigenvalue weighted by Crippen LogP contribution is -2.25. The van der Waals surface area contributed by atoms with Crippen molar-refractivity contribution in [2.24, 2.45) is 0 Å². The van der Waals surface area contributed by atoms with Crippen LogP contribution in [0.2, 0.25) is 0 Å². The van der Waals surface area contributed by atoms with Gasteiger partial charge in [0.25, 0.3) is 0 Å². The summed E-state index contributed by atoms with van der Waals surface area (Å²) in [5.41, 5.74) is -0.0572. The Hall–Kier alpha value is -1.17. The first-order valence-electron chi connectivity index (χ1n) is 4.05. The van der Waals surface area contributed by atoms with E-state index in [1.807, 2.05) is 0 Å². The summed E-state index contributed by atoms with van der Waals surface area (Å²) < 4.78 is 26.0. The molecule has 82 valence electrons. The number of carboxylic acids is 1. The number of nitrogens with one attached hydrogen (secondary N) is 1. The van der Waals surface area contributed by atoms with Gasteiger partial charge in [0, 0.05) is 6.07 Å². The van der Waals surface area contributed by atoms with Gasteiger partial charge in [0.2, 0.25) is 0 Å². The number of hydrogen-bond donors (Lipinski definition) is 2. The van der Waals surface area contributed by atoms with Crippen LogP contribution in [-0.2, 0) is 4.79 Å². The van der Waals surface area contributed by atoms with E-state index in [0.29, 0.717) is 6.07 Å². The van der Waals surface area contributed by atoms with E-state index in [2.05, 4.69) is 21.2 Å². The summed E-state index contributed by atoms with van der Waals surface area (Å²) in [7, 11) is 0. The maximum atomic E-state index is 13.1. The van der Waals surface area contributed by atoms with Crippen LogP contribution in [-0.4, -0.2) is 17.1 Å². The van der Waals surface area contributed by atoms with Gasteiger partial charge < -0.3 is 10.4 Å². The Morgan fingerprint density at radius 2 is 2.07 bits per heavy atom. The van der Waals surface area contributed by atoms with E-state index in [0.717, 1.165) is 6.07 Å². The molecule has 0 saturated heterocycles. The van der Waals surface area contributed by atoms with Crippen molar-refractivity contribution in [3.8, 4) is 0 Å². The molecule has 2 N–H and O–H groups in total. The summed E-state index contributed by atoms with van der Waals surface area (Å²) >= 11 is 2.88. The Balaban J connectivity index is 2.95. The highest BCUT2D eigenvalue weighted by Gasteiger charge is 2.14. The van der Waals surface area contributed by atoms with Crippen LogP contribution in [0.5, 0.6) is 0 Å². The average Bonchev–Trinajstić information content (AvgIpc) is 2.13. The smallest absolute Gasteiger partial charge is 0.325 e. The Morgan fingerprint density at radius 1 is 1.47 bits per heavy atom. The topological polar surface area (TPSA) is 49.3 Å². The molecule has 0 aliphatic carbocycles. The molecule has 0 fully saturated rings. The first-order chi connectivity index (χ1) is 6.91. The van der Waals surface area contributed by atoms with E-state index in [-0.39, 0.29) is 10.2 Å². The van der Waals surface area contributed by atoms with Crippen molar-refractivity contribution in [3.63, 3.8) is 0 Å². The van der Waals surface area contributed by atoms with Crippen LogP contribution in [0, 0.1) is 11.6 Å². The van der Waals surface area contributed by atoms with Crippen LogP contribution in [0.3, 0.4) is 0 Å². The molecule has 3 nitrogen and oxygen atoms in total. The Labute approximate surface area is 93.2 Å². The van der Waals surface area contributed by atoms with Gasteiger partial charge in [-0.05, 0) is 28.9 Å². The molecule has 0 radical (unpaired) electrons. The minimum atomic E-state index is -1.12. The largest absolute Gasteiger partial charge is 0.480 e. The van der Waals surface area contributed by atoms with E-state index in [9.17, 15) is 13.6 Å². The van der Waals surface area contributed by atoms with Crippen LogP contribution < -0.4 is 5.32 Å². The normalized spacial score (nSPS) is 12.3. The summed E-state index contributed by atoms with van der Waals surface area (Å²) in [4.78, 5) is 10.5. The van der Waals surface area contributed by atoms with E-state index < -0.39 is 23.6 Å². The fourth-order valence-electron chi connectivity index (χ4n) is 0.928. The van der Waals surface area contributed by atoms with Gasteiger partial charge in [0.15, 0.2) is 0 Å². The molecule has 0 bridgehead atoms. The van der Waals surface area contributed by atoms with Gasteiger partial charge in [-0.3, -0.25) is 4.79 Å². The molecule has 1 aromatic rings. The maximum absolute atomic E-state index is 13.1. The van der Waals surface area contributed by atoms with Gasteiger partial charge in [-0.25, -0.2) is 8.78 Å². The van der Waals surface area contributed by atoms with E-state index >= 15 is 0 Å². The molecule has 0 aliphatic rings. The molecule has 15 heavy (non-hydrogen) atoms. The summed E-state index contributed by atoms with van der Waals surface area (Å²) in [6.45, 7) is 1.36. The van der Waals surface area contributed by atoms with Gasteiger partial charge in [0.1, 0.15) is 17.7 Å². The third kappa shape index (κ3) is 2.89. The Morgan fingerprint density at radius 3 is 2.60 bits per heavy atom. The van der Waals surface area contributed by atoms with Gasteiger partial charge in [-0.1, -0.05) is 0 Å². The molecule has 0 aromatic heterocycles. The molecule has 0 saturated carbocycles. The van der Waals surface area contributed by atoms with E-state index in [4.69, 9.17) is 5.11 Å². The van der Waals surface area contributed by atoms with Crippen LogP contribution in [0.4, 0.5) is 14.5 Å². The third-order valence-corrected chi connectivity index (χ3v) is 2.36. The molecular weight excluding hydrogens is 272 g/mol. The summed E-state index contributed by atoms with van der Waals surface area (Å²) in [6.07, 6.45) is 0. The summed E-state index contributed by atoms with van der Waals surface area (Å²) in [6, 6.07) is 0.891. The van der Waals surface area contributed by atoms with Crippen molar-refractivity contribution < 1.29 is 18.7 Å². The van der Waals surface area contributed by atoms with Crippen molar-refractivity contribution in [3.05, 3.63) is 28.2 Å². The molecular formula is C9H8BrF2NO2. The number of rotatable bonds is 3. The second-order valence-corrected chi connectivity index (χ2v) is 3.80. The number of halogens is 3. The fourth-order valence-corrected chi connectivity index (χ4v) is 1.27. The number of carboxylic acid groups (broad SMARTS) is 1. The number of carbonyl (C=O) groups is 1. The second-order valence-electron chi connectivity index (χ2n) is 2.95. The Kier molecular flexibility index (Phi) is 3.62. The van der Waals surface area contributed by atoms with Crippen molar-refractivity contribution in [2.75, 3.05) is 5.32 Å². The number of benzene rings is 1. The monoisotopic (exact) mass is 279 g/mol. The lowest BCUT2D eigenvalue weighted by atomic mass is 10.2. The summed E-state index contributed by atoms with van der Waals surface area (Å²) in [5.74, 6) is -2.68. The van der Waals surface area contributed by atoms with Crippen LogP contribution in [0.25, 0.3) is 0 Å². The van der Waals surface area contributed by atoms with Crippen molar-refractivity contribution >= 4 is 27.6 Å². The first-order valence-corrected chi connectivity index (χ1v) is 4.85. The van der Waals surface area contributed by atoms with E-state index in [1.54, 1.807) is 0 Å². The first kappa shape index (κ1) is 11.9. The highest BCUT2D eigenvalue weighted by molar-refractivity contribution is 9.10. The van der Waals surface area contributed by atoms with Crippen LogP contribution in [0.15, 0.2) is 16.6 Å². The van der Waals surface area contributed by atoms with Crippen LogP contribution in [0.1, 0.15) is 6.92 Å². The van der Waals surface area contributed by atoms with Crippen LogP contribution >= 0.6 is 15.9 Å². The fraction of sp³-hybridized carbons (Fsp3) is 0.222. The number of hydrogen-bond acceptors (Lipinski definition) is 2. The molecule has 0 spiro atoms. The van der Waals surface area contributed by atoms with Gasteiger partial charge in [0.05, 0.1) is 10.2 Å². The van der Waals surface area contributed by atoms with Gasteiger partial charge in [-0.15, -0.1) is 0 Å². The maximum Gasteiger partial charge on any atom is 0.325 e. The standard InChI is InChI=1S/C9H8BrF2NO2/c1-4(9(14)15)13-8-2-5(10)6(11)3-7(8)12/h2-4,13H,1H3,(H,14,15). The van der Waals surface area contributed by atoms with Crippen molar-refractivity contribution in [1.82, 2.24) is 0 Å². The summed E-state index contributed by atoms with van der Waals surface area (Å²) in [5, 5.41) is 11.0. The molecule has 1 rings (SSSR count). The highest BCUT2D eigenvalue weighted by Crippen LogP contribution is 2.24. The molecule has 0 amide bonds. The minimum Gasteiger partial charge on any atom is -0.480 e. The quantitative estimate of drug-likeness (QED) is 0.837. The predicted octanol–water partition coefficient (Wildman–Crippen LogP) is 2.61. The zero-order chi connectivity index (χ0) is 11.6. The third-order valence-electron chi connectivity index (χ3n) is 1.75. The zero-order valence-electron chi connectivity index (χ0n) is 7.72. The lowest BCUT2D eigenvalue weighted by Gasteiger charge is -2.12. The van der Waals surface area contributed by atoms with Gasteiger partial charge >= 0.3 is 5.97 Å². The average molecular weight is 280 g/mol. The molecule has 1 aromatic carbocycles. The molecule has 1 atom stereocenters. The molecule has 1 unspecified atom stereocenters. The lowest BCUT2D eigenvalue weighted by molar-refractivity contribution is -0.137. The Bertz CT molecular complexity index is 398. The zero-order valence-corrected chi connectivity index (χ0v) is 9.31. The highest BCUT2D eigenvalue weighted by atomic mass is 79.9. The molecule has 6 heteroatoms.